The number of halogens is 1. The first kappa shape index (κ1) is 21.1. The maximum atomic E-state index is 15.3. The maximum Gasteiger partial charge on any atom is 0.289 e. The summed E-state index contributed by atoms with van der Waals surface area (Å²) in [6.07, 6.45) is 8.21. The molecule has 2 N–H and O–H groups in total. The number of anilines is 1. The van der Waals surface area contributed by atoms with Crippen LogP contribution < -0.4 is 10.2 Å². The SMILES string of the molecule is O=C(c1cc2cc(O)c(-c3cnc(N(C4CC4)[C@H]4C[C@@H]5CC[C@@H](N5)[C@H]4F)cn3)cc2o1)N1CCC1. The lowest BCUT2D eigenvalue weighted by Gasteiger charge is -2.41. The van der Waals surface area contributed by atoms with E-state index in [-0.39, 0.29) is 29.5 Å². The van der Waals surface area contributed by atoms with E-state index in [1.165, 1.54) is 0 Å². The van der Waals surface area contributed by atoms with Crippen molar-refractivity contribution in [3.63, 3.8) is 0 Å². The van der Waals surface area contributed by atoms with Gasteiger partial charge in [0.15, 0.2) is 5.76 Å². The number of alkyl halides is 1. The second-order valence-corrected chi connectivity index (χ2v) is 10.4. The van der Waals surface area contributed by atoms with Gasteiger partial charge in [0.2, 0.25) is 0 Å². The molecular weight excluding hydrogens is 449 g/mol. The van der Waals surface area contributed by atoms with E-state index in [0.29, 0.717) is 40.1 Å². The molecule has 182 valence electrons. The number of rotatable bonds is 5. The molecule has 3 saturated heterocycles. The number of aromatic nitrogens is 2. The Morgan fingerprint density at radius 2 is 2.00 bits per heavy atom. The number of phenolic OH excluding ortho intramolecular Hbond substituents is 1. The molecule has 0 unspecified atom stereocenters. The number of piperidine rings is 1. The molecule has 2 bridgehead atoms. The summed E-state index contributed by atoms with van der Waals surface area (Å²) in [7, 11) is 0. The Hall–Kier alpha value is -3.20. The minimum absolute atomic E-state index is 0.0427. The van der Waals surface area contributed by atoms with Gasteiger partial charge in [-0.25, -0.2) is 9.37 Å². The number of fused-ring (bicyclic) bond motifs is 3. The summed E-state index contributed by atoms with van der Waals surface area (Å²) in [5.74, 6) is 0.872. The van der Waals surface area contributed by atoms with Crippen LogP contribution in [-0.4, -0.2) is 69.3 Å². The third kappa shape index (κ3) is 3.55. The van der Waals surface area contributed by atoms with Gasteiger partial charge in [-0.3, -0.25) is 9.78 Å². The predicted octanol–water partition coefficient (Wildman–Crippen LogP) is 3.64. The van der Waals surface area contributed by atoms with Crippen molar-refractivity contribution in [2.45, 2.75) is 68.9 Å². The van der Waals surface area contributed by atoms with Crippen LogP contribution in [0.25, 0.3) is 22.2 Å². The molecule has 8 nitrogen and oxygen atoms in total. The summed E-state index contributed by atoms with van der Waals surface area (Å²) in [5, 5.41) is 14.8. The number of phenols is 1. The van der Waals surface area contributed by atoms with Gasteiger partial charge in [0.1, 0.15) is 23.3 Å². The number of likely N-dealkylation sites (tertiary alicyclic amines) is 1. The third-order valence-corrected chi connectivity index (χ3v) is 8.02. The molecule has 0 radical (unpaired) electrons. The Morgan fingerprint density at radius 3 is 2.71 bits per heavy atom. The molecule has 3 aromatic rings. The molecule has 1 amide bonds. The highest BCUT2D eigenvalue weighted by molar-refractivity contribution is 5.97. The number of hydrogen-bond acceptors (Lipinski definition) is 7. The molecule has 1 saturated carbocycles. The summed E-state index contributed by atoms with van der Waals surface area (Å²) < 4.78 is 21.1. The van der Waals surface area contributed by atoms with Gasteiger partial charge in [-0.2, -0.15) is 0 Å². The molecule has 1 aromatic carbocycles. The van der Waals surface area contributed by atoms with Crippen molar-refractivity contribution < 1.29 is 18.7 Å². The van der Waals surface area contributed by atoms with Crippen LogP contribution in [0.1, 0.15) is 49.1 Å². The monoisotopic (exact) mass is 477 g/mol. The first-order valence-electron chi connectivity index (χ1n) is 12.6. The Balaban J connectivity index is 1.17. The van der Waals surface area contributed by atoms with E-state index in [0.717, 1.165) is 51.6 Å². The second kappa shape index (κ2) is 7.91. The lowest BCUT2D eigenvalue weighted by Crippen LogP contribution is -2.57. The molecule has 0 spiro atoms. The van der Waals surface area contributed by atoms with Crippen molar-refractivity contribution in [1.82, 2.24) is 20.2 Å². The Morgan fingerprint density at radius 1 is 1.14 bits per heavy atom. The van der Waals surface area contributed by atoms with Crippen LogP contribution in [0.4, 0.5) is 10.2 Å². The van der Waals surface area contributed by atoms with E-state index in [9.17, 15) is 9.90 Å². The minimum Gasteiger partial charge on any atom is -0.507 e. The van der Waals surface area contributed by atoms with E-state index in [1.54, 1.807) is 35.5 Å². The Bertz CT molecular complexity index is 1290. The fourth-order valence-corrected chi connectivity index (χ4v) is 5.88. The number of nitrogens with one attached hydrogen (secondary N) is 1. The molecule has 4 aliphatic rings. The first-order chi connectivity index (χ1) is 17.0. The molecule has 4 atom stereocenters. The van der Waals surface area contributed by atoms with Crippen LogP contribution in [0.3, 0.4) is 0 Å². The summed E-state index contributed by atoms with van der Waals surface area (Å²) in [4.78, 5) is 25.7. The van der Waals surface area contributed by atoms with E-state index in [2.05, 4.69) is 20.2 Å². The second-order valence-electron chi connectivity index (χ2n) is 10.4. The highest BCUT2D eigenvalue weighted by Crippen LogP contribution is 2.40. The summed E-state index contributed by atoms with van der Waals surface area (Å²) in [5.41, 5.74) is 1.49. The summed E-state index contributed by atoms with van der Waals surface area (Å²) >= 11 is 0. The summed E-state index contributed by atoms with van der Waals surface area (Å²) in [6.45, 7) is 1.49. The topological polar surface area (TPSA) is 94.7 Å². The predicted molar refractivity (Wildman–Crippen MR) is 128 cm³/mol. The van der Waals surface area contributed by atoms with Crippen molar-refractivity contribution in [2.75, 3.05) is 18.0 Å². The number of carbonyl (C=O) groups excluding carboxylic acids is 1. The molecule has 4 fully saturated rings. The van der Waals surface area contributed by atoms with E-state index < -0.39 is 6.17 Å². The van der Waals surface area contributed by atoms with E-state index in [4.69, 9.17) is 4.42 Å². The van der Waals surface area contributed by atoms with Crippen LogP contribution in [0.2, 0.25) is 0 Å². The summed E-state index contributed by atoms with van der Waals surface area (Å²) in [6, 6.07) is 5.39. The van der Waals surface area contributed by atoms with Gasteiger partial charge in [-0.15, -0.1) is 0 Å². The number of benzene rings is 1. The van der Waals surface area contributed by atoms with Crippen LogP contribution in [0.15, 0.2) is 35.0 Å². The maximum absolute atomic E-state index is 15.3. The molecule has 5 heterocycles. The van der Waals surface area contributed by atoms with Crippen molar-refractivity contribution in [2.24, 2.45) is 0 Å². The molecule has 3 aliphatic heterocycles. The number of carbonyl (C=O) groups is 1. The molecule has 35 heavy (non-hydrogen) atoms. The van der Waals surface area contributed by atoms with Gasteiger partial charge in [0.25, 0.3) is 5.91 Å². The van der Waals surface area contributed by atoms with E-state index >= 15 is 4.39 Å². The Kier molecular flexibility index (Phi) is 4.77. The lowest BCUT2D eigenvalue weighted by atomic mass is 9.96. The molecule has 7 rings (SSSR count). The zero-order chi connectivity index (χ0) is 23.7. The largest absolute Gasteiger partial charge is 0.507 e. The van der Waals surface area contributed by atoms with Crippen LogP contribution in [0, 0.1) is 0 Å². The lowest BCUT2D eigenvalue weighted by molar-refractivity contribution is 0.0621. The van der Waals surface area contributed by atoms with Gasteiger partial charge in [-0.1, -0.05) is 0 Å². The van der Waals surface area contributed by atoms with Crippen LogP contribution in [-0.2, 0) is 0 Å². The smallest absolute Gasteiger partial charge is 0.289 e. The molecule has 9 heteroatoms. The van der Waals surface area contributed by atoms with Gasteiger partial charge in [0.05, 0.1) is 24.1 Å². The fourth-order valence-electron chi connectivity index (χ4n) is 5.88. The number of nitrogens with zero attached hydrogens (tertiary/aromatic N) is 4. The zero-order valence-corrected chi connectivity index (χ0v) is 19.4. The standard InChI is InChI=1S/C26H28FN5O3/c27-25-18-5-2-15(30-18)10-20(25)32(16-3-4-16)24-13-28-19(12-29-24)17-11-22-14(8-21(17)33)9-23(35-22)26(34)31-6-1-7-31/h8-9,11-13,15-16,18,20,25,30,33H,1-7,10H2/t15-,18+,20-,25+/m0/s1. The van der Waals surface area contributed by atoms with Gasteiger partial charge >= 0.3 is 0 Å². The molecule has 2 aromatic heterocycles. The normalized spacial score (nSPS) is 27.7. The van der Waals surface area contributed by atoms with Gasteiger partial charge in [0, 0.05) is 42.2 Å². The van der Waals surface area contributed by atoms with Gasteiger partial charge in [-0.05, 0) is 56.7 Å². The Labute approximate surface area is 202 Å². The average molecular weight is 478 g/mol. The van der Waals surface area contributed by atoms with Crippen molar-refractivity contribution in [3.8, 4) is 17.0 Å². The third-order valence-electron chi connectivity index (χ3n) is 8.02. The first-order valence-corrected chi connectivity index (χ1v) is 12.6. The van der Waals surface area contributed by atoms with Crippen molar-refractivity contribution >= 4 is 22.7 Å². The number of hydrogen-bond donors (Lipinski definition) is 2. The fraction of sp³-hybridized carbons (Fsp3) is 0.500. The van der Waals surface area contributed by atoms with Crippen LogP contribution in [0.5, 0.6) is 5.75 Å². The van der Waals surface area contributed by atoms with Crippen molar-refractivity contribution in [1.29, 1.82) is 0 Å². The average Bonchev–Trinajstić information content (AvgIpc) is 3.43. The highest BCUT2D eigenvalue weighted by Gasteiger charge is 2.48. The molecular formula is C26H28FN5O3. The number of furan rings is 1. The highest BCUT2D eigenvalue weighted by atomic mass is 19.1. The van der Waals surface area contributed by atoms with Crippen molar-refractivity contribution in [3.05, 3.63) is 36.4 Å². The number of amides is 1. The van der Waals surface area contributed by atoms with Crippen LogP contribution >= 0.6 is 0 Å². The zero-order valence-electron chi connectivity index (χ0n) is 19.4. The quantitative estimate of drug-likeness (QED) is 0.579. The number of aromatic hydroxyl groups is 1. The minimum atomic E-state index is -0.922. The molecule has 1 aliphatic carbocycles. The van der Waals surface area contributed by atoms with E-state index in [1.807, 2.05) is 0 Å². The van der Waals surface area contributed by atoms with Gasteiger partial charge < -0.3 is 24.6 Å².